The number of rotatable bonds is 2. The Bertz CT molecular complexity index is 960. The molecule has 0 radical (unpaired) electrons. The quantitative estimate of drug-likeness (QED) is 0.668. The van der Waals surface area contributed by atoms with E-state index in [1.54, 1.807) is 20.8 Å². The number of Topliss-reactive ketones (excluding diaryl/α,β-unsaturated/α-hetero) is 1. The van der Waals surface area contributed by atoms with Gasteiger partial charge in [-0.2, -0.15) is 0 Å². The molecule has 1 aliphatic heterocycles. The Morgan fingerprint density at radius 1 is 1.22 bits per heavy atom. The largest absolute Gasteiger partial charge is 0.390 e. The Morgan fingerprint density at radius 3 is 2.56 bits per heavy atom. The summed E-state index contributed by atoms with van der Waals surface area (Å²) in [5, 5.41) is 21.1. The van der Waals surface area contributed by atoms with Crippen LogP contribution in [0, 0.1) is 22.7 Å². The highest BCUT2D eigenvalue weighted by molar-refractivity contribution is 6.01. The molecule has 6 nitrogen and oxygen atoms in total. The summed E-state index contributed by atoms with van der Waals surface area (Å²) in [4.78, 5) is 25.1. The minimum Gasteiger partial charge on any atom is -0.390 e. The normalized spacial score (nSPS) is 53.2. The maximum atomic E-state index is 17.1. The maximum absolute atomic E-state index is 17.1. The minimum absolute atomic E-state index is 0.0550. The lowest BCUT2D eigenvalue weighted by Gasteiger charge is -2.63. The van der Waals surface area contributed by atoms with Crippen molar-refractivity contribution in [3.63, 3.8) is 0 Å². The van der Waals surface area contributed by atoms with Crippen LogP contribution in [0.25, 0.3) is 0 Å². The molecule has 1 heterocycles. The van der Waals surface area contributed by atoms with Crippen LogP contribution in [-0.2, 0) is 19.1 Å². The molecule has 4 fully saturated rings. The van der Waals surface area contributed by atoms with Crippen molar-refractivity contribution in [3.8, 4) is 0 Å². The Kier molecular flexibility index (Phi) is 4.42. The van der Waals surface area contributed by atoms with Gasteiger partial charge in [0.15, 0.2) is 28.6 Å². The number of hydrogen-bond acceptors (Lipinski definition) is 6. The Hall–Kier alpha value is -1.48. The van der Waals surface area contributed by atoms with Crippen molar-refractivity contribution in [1.29, 1.82) is 0 Å². The second-order valence-corrected chi connectivity index (χ2v) is 11.0. The third-order valence-corrected chi connectivity index (χ3v) is 9.18. The molecule has 0 spiro atoms. The summed E-state index contributed by atoms with van der Waals surface area (Å²) in [5.74, 6) is -3.53. The van der Waals surface area contributed by atoms with Crippen LogP contribution >= 0.6 is 0 Å². The van der Waals surface area contributed by atoms with Crippen molar-refractivity contribution in [1.82, 2.24) is 0 Å². The van der Waals surface area contributed by atoms with Crippen LogP contribution < -0.4 is 0 Å². The van der Waals surface area contributed by atoms with Crippen LogP contribution in [0.5, 0.6) is 0 Å². The van der Waals surface area contributed by atoms with Crippen LogP contribution in [0.15, 0.2) is 23.8 Å². The third kappa shape index (κ3) is 2.32. The van der Waals surface area contributed by atoms with Crippen molar-refractivity contribution < 1.29 is 38.1 Å². The Labute approximate surface area is 185 Å². The highest BCUT2D eigenvalue weighted by Gasteiger charge is 2.80. The van der Waals surface area contributed by atoms with Gasteiger partial charge in [-0.1, -0.05) is 13.0 Å². The second-order valence-electron chi connectivity index (χ2n) is 11.0. The van der Waals surface area contributed by atoms with E-state index in [-0.39, 0.29) is 24.8 Å². The summed E-state index contributed by atoms with van der Waals surface area (Å²) in [6.07, 6.45) is -0.151. The number of fused-ring (bicyclic) bond motifs is 7. The van der Waals surface area contributed by atoms with E-state index in [4.69, 9.17) is 9.47 Å². The first-order chi connectivity index (χ1) is 14.8. The van der Waals surface area contributed by atoms with Crippen LogP contribution in [0.4, 0.5) is 8.78 Å². The fourth-order valence-corrected chi connectivity index (χ4v) is 7.92. The number of ketones is 2. The highest BCUT2D eigenvalue weighted by atomic mass is 19.1. The van der Waals surface area contributed by atoms with E-state index in [1.165, 1.54) is 19.1 Å². The van der Waals surface area contributed by atoms with Gasteiger partial charge in [0.2, 0.25) is 0 Å². The van der Waals surface area contributed by atoms with E-state index in [0.29, 0.717) is 0 Å². The van der Waals surface area contributed by atoms with Gasteiger partial charge in [-0.15, -0.1) is 0 Å². The molecule has 32 heavy (non-hydrogen) atoms. The minimum atomic E-state index is -2.24. The van der Waals surface area contributed by atoms with E-state index in [1.807, 2.05) is 0 Å². The van der Waals surface area contributed by atoms with Crippen molar-refractivity contribution >= 4 is 11.6 Å². The predicted octanol–water partition coefficient (Wildman–Crippen LogP) is 2.37. The molecule has 2 N–H and O–H groups in total. The van der Waals surface area contributed by atoms with E-state index in [0.717, 1.165) is 6.08 Å². The first kappa shape index (κ1) is 22.3. The number of alkyl halides is 2. The molecule has 0 aromatic heterocycles. The number of aliphatic hydroxyl groups is 2. The zero-order valence-electron chi connectivity index (χ0n) is 18.7. The molecule has 0 aromatic carbocycles. The highest BCUT2D eigenvalue weighted by Crippen LogP contribution is 2.72. The molecule has 1 saturated heterocycles. The first-order valence-corrected chi connectivity index (χ1v) is 11.3. The molecule has 0 amide bonds. The van der Waals surface area contributed by atoms with Crippen molar-refractivity contribution in [2.24, 2.45) is 22.7 Å². The standard InChI is InChI=1S/C24H30F2O6/c1-20(2)31-19-9-13-14-8-16(25)15-7-12(28)5-6-21(15,3)23(14,26)17(29)10-22(13,4)24(19,32-20)18(30)11-27/h5-7,13-14,16-17,19,27,29H,8-11H2,1-4H3/t13-,14-,16-,17+,19+,21-,22-,23-,24-/m0/s1. The predicted molar refractivity (Wildman–Crippen MR) is 109 cm³/mol. The number of aliphatic hydroxyl groups excluding tert-OH is 2. The van der Waals surface area contributed by atoms with Crippen molar-refractivity contribution in [2.45, 2.75) is 82.4 Å². The van der Waals surface area contributed by atoms with Crippen molar-refractivity contribution in [2.75, 3.05) is 6.61 Å². The Balaban J connectivity index is 1.66. The third-order valence-electron chi connectivity index (χ3n) is 9.18. The zero-order valence-corrected chi connectivity index (χ0v) is 18.7. The van der Waals surface area contributed by atoms with Gasteiger partial charge in [0, 0.05) is 16.7 Å². The fraction of sp³-hybridized carbons (Fsp3) is 0.750. The molecule has 0 aromatic rings. The van der Waals surface area contributed by atoms with Crippen molar-refractivity contribution in [3.05, 3.63) is 23.8 Å². The van der Waals surface area contributed by atoms with Crippen LogP contribution in [-0.4, -0.2) is 63.8 Å². The summed E-state index contributed by atoms with van der Waals surface area (Å²) in [7, 11) is 0. The van der Waals surface area contributed by atoms with Gasteiger partial charge in [0.05, 0.1) is 12.2 Å². The van der Waals surface area contributed by atoms with Gasteiger partial charge < -0.3 is 19.7 Å². The number of carbonyl (C=O) groups is 2. The second kappa shape index (κ2) is 6.34. The van der Waals surface area contributed by atoms with E-state index in [9.17, 15) is 19.8 Å². The van der Waals surface area contributed by atoms with Crippen LogP contribution in [0.1, 0.15) is 47.0 Å². The SMILES string of the molecule is CC1(C)O[C@@H]2C[C@H]3[C@@H]4C[C@H](F)C5=CC(=O)C=C[C@]5(C)[C@@]4(F)[C@H](O)C[C@]3(C)[C@@]2(C(=O)CO)O1. The lowest BCUT2D eigenvalue weighted by molar-refractivity contribution is -0.248. The molecular weight excluding hydrogens is 422 g/mol. The van der Waals surface area contributed by atoms with E-state index < -0.39 is 76.3 Å². The summed E-state index contributed by atoms with van der Waals surface area (Å²) < 4.78 is 44.8. The maximum Gasteiger partial charge on any atom is 0.193 e. The van der Waals surface area contributed by atoms with Crippen LogP contribution in [0.2, 0.25) is 0 Å². The van der Waals surface area contributed by atoms with Gasteiger partial charge in [0.25, 0.3) is 0 Å². The lowest BCUT2D eigenvalue weighted by Crippen LogP contribution is -2.71. The molecule has 5 aliphatic rings. The van der Waals surface area contributed by atoms with Gasteiger partial charge >= 0.3 is 0 Å². The van der Waals surface area contributed by atoms with Gasteiger partial charge in [-0.25, -0.2) is 8.78 Å². The zero-order chi connectivity index (χ0) is 23.5. The number of carbonyl (C=O) groups excluding carboxylic acids is 2. The molecule has 3 saturated carbocycles. The van der Waals surface area contributed by atoms with Gasteiger partial charge in [-0.3, -0.25) is 9.59 Å². The fourth-order valence-electron chi connectivity index (χ4n) is 7.92. The smallest absolute Gasteiger partial charge is 0.193 e. The number of hydrogen-bond donors (Lipinski definition) is 2. The molecule has 176 valence electrons. The molecule has 0 bridgehead atoms. The monoisotopic (exact) mass is 452 g/mol. The molecule has 9 atom stereocenters. The van der Waals surface area contributed by atoms with Gasteiger partial charge in [-0.05, 0) is 63.7 Å². The van der Waals surface area contributed by atoms with E-state index in [2.05, 4.69) is 0 Å². The van der Waals surface area contributed by atoms with Gasteiger partial charge in [0.1, 0.15) is 12.8 Å². The van der Waals surface area contributed by atoms with Crippen LogP contribution in [0.3, 0.4) is 0 Å². The number of allylic oxidation sites excluding steroid dienone is 4. The number of ether oxygens (including phenoxy) is 2. The number of halogens is 2. The average Bonchev–Trinajstić information content (AvgIpc) is 3.11. The Morgan fingerprint density at radius 2 is 1.91 bits per heavy atom. The van der Waals surface area contributed by atoms with E-state index >= 15 is 8.78 Å². The molecule has 8 heteroatoms. The summed E-state index contributed by atoms with van der Waals surface area (Å²) in [6.45, 7) is 5.87. The first-order valence-electron chi connectivity index (χ1n) is 11.3. The summed E-state index contributed by atoms with van der Waals surface area (Å²) in [6, 6.07) is 0. The molecule has 5 rings (SSSR count). The topological polar surface area (TPSA) is 93.1 Å². The summed E-state index contributed by atoms with van der Waals surface area (Å²) >= 11 is 0. The molecule has 0 unspecified atom stereocenters. The summed E-state index contributed by atoms with van der Waals surface area (Å²) in [5.41, 5.74) is -6.30. The molecular formula is C24H30F2O6. The average molecular weight is 452 g/mol. The molecule has 4 aliphatic carbocycles. The lowest BCUT2D eigenvalue weighted by atomic mass is 9.44.